The highest BCUT2D eigenvalue weighted by Gasteiger charge is 2.14. The molecule has 2 aromatic rings. The zero-order chi connectivity index (χ0) is 19.1. The fourth-order valence-electron chi connectivity index (χ4n) is 2.53. The van der Waals surface area contributed by atoms with E-state index in [-0.39, 0.29) is 30.5 Å². The molecule has 0 radical (unpaired) electrons. The van der Waals surface area contributed by atoms with E-state index in [9.17, 15) is 13.9 Å². The summed E-state index contributed by atoms with van der Waals surface area (Å²) < 4.78 is 27.0. The van der Waals surface area contributed by atoms with Crippen LogP contribution in [0.4, 0.5) is 8.78 Å². The predicted octanol–water partition coefficient (Wildman–Crippen LogP) is 4.24. The van der Waals surface area contributed by atoms with Gasteiger partial charge in [0.2, 0.25) is 0 Å². The summed E-state index contributed by atoms with van der Waals surface area (Å²) in [4.78, 5) is 4.37. The van der Waals surface area contributed by atoms with E-state index in [1.165, 1.54) is 12.1 Å². The molecule has 0 aliphatic carbocycles. The van der Waals surface area contributed by atoms with Gasteiger partial charge in [0.25, 0.3) is 0 Å². The summed E-state index contributed by atoms with van der Waals surface area (Å²) >= 11 is 0. The predicted molar refractivity (Wildman–Crippen MR) is 115 cm³/mol. The summed E-state index contributed by atoms with van der Waals surface area (Å²) in [6, 6.07) is 10.7. The number of hydrogen-bond donors (Lipinski definition) is 3. The highest BCUT2D eigenvalue weighted by atomic mass is 127. The molecular weight excluding hydrogens is 463 g/mol. The second kappa shape index (κ2) is 11.2. The lowest BCUT2D eigenvalue weighted by Crippen LogP contribution is -2.39. The number of aryl methyl sites for hydroxylation is 1. The van der Waals surface area contributed by atoms with Crippen molar-refractivity contribution in [2.75, 3.05) is 13.1 Å². The van der Waals surface area contributed by atoms with Gasteiger partial charge < -0.3 is 15.7 Å². The van der Waals surface area contributed by atoms with E-state index >= 15 is 0 Å². The van der Waals surface area contributed by atoms with Gasteiger partial charge in [-0.15, -0.1) is 24.0 Å². The molecule has 0 spiro atoms. The lowest BCUT2D eigenvalue weighted by molar-refractivity contribution is 0.187. The van der Waals surface area contributed by atoms with E-state index in [0.717, 1.165) is 17.2 Å². The van der Waals surface area contributed by atoms with Gasteiger partial charge in [-0.05, 0) is 32.4 Å². The van der Waals surface area contributed by atoms with Crippen molar-refractivity contribution in [3.63, 3.8) is 0 Å². The van der Waals surface area contributed by atoms with E-state index < -0.39 is 23.8 Å². The Morgan fingerprint density at radius 3 is 2.41 bits per heavy atom. The van der Waals surface area contributed by atoms with E-state index in [1.54, 1.807) is 6.92 Å². The molecule has 0 heterocycles. The number of nitrogens with one attached hydrogen (secondary N) is 2. The third kappa shape index (κ3) is 7.06. The fraction of sp³-hybridized carbons (Fsp3) is 0.350. The van der Waals surface area contributed by atoms with Crippen LogP contribution < -0.4 is 10.6 Å². The quantitative estimate of drug-likeness (QED) is 0.323. The van der Waals surface area contributed by atoms with Crippen LogP contribution in [0.25, 0.3) is 0 Å². The normalized spacial score (nSPS) is 13.5. The van der Waals surface area contributed by atoms with Crippen LogP contribution in [-0.2, 0) is 0 Å². The summed E-state index contributed by atoms with van der Waals surface area (Å²) in [5.41, 5.74) is 2.25. The van der Waals surface area contributed by atoms with E-state index in [0.29, 0.717) is 18.1 Å². The van der Waals surface area contributed by atoms with Crippen LogP contribution in [0.5, 0.6) is 0 Å². The molecule has 2 atom stereocenters. The molecule has 0 fully saturated rings. The lowest BCUT2D eigenvalue weighted by atomic mass is 10.1. The molecule has 0 aromatic heterocycles. The third-order valence-corrected chi connectivity index (χ3v) is 4.01. The topological polar surface area (TPSA) is 56.7 Å². The summed E-state index contributed by atoms with van der Waals surface area (Å²) in [6.45, 7) is 6.44. The largest absolute Gasteiger partial charge is 0.386 e. The maximum atomic E-state index is 13.9. The SMILES string of the molecule is CCNC(=NCC(O)c1ccc(C)cc1)NC(C)c1ccc(F)cc1F.I. The first-order valence-electron chi connectivity index (χ1n) is 8.65. The van der Waals surface area contributed by atoms with Crippen molar-refractivity contribution >= 4 is 29.9 Å². The number of halogens is 3. The average molecular weight is 489 g/mol. The molecule has 148 valence electrons. The van der Waals surface area contributed by atoms with Crippen molar-refractivity contribution < 1.29 is 13.9 Å². The molecule has 0 amide bonds. The highest BCUT2D eigenvalue weighted by molar-refractivity contribution is 14.0. The lowest BCUT2D eigenvalue weighted by Gasteiger charge is -2.19. The first-order valence-corrected chi connectivity index (χ1v) is 8.65. The number of nitrogens with zero attached hydrogens (tertiary/aromatic N) is 1. The van der Waals surface area contributed by atoms with Crippen LogP contribution >= 0.6 is 24.0 Å². The number of rotatable bonds is 6. The number of hydrogen-bond acceptors (Lipinski definition) is 2. The molecule has 0 aliphatic rings. The van der Waals surface area contributed by atoms with Crippen LogP contribution in [-0.4, -0.2) is 24.2 Å². The van der Waals surface area contributed by atoms with Gasteiger partial charge in [0.15, 0.2) is 5.96 Å². The van der Waals surface area contributed by atoms with E-state index in [4.69, 9.17) is 0 Å². The Kier molecular flexibility index (Phi) is 9.65. The van der Waals surface area contributed by atoms with Gasteiger partial charge in [0, 0.05) is 18.2 Å². The second-order valence-electron chi connectivity index (χ2n) is 6.18. The zero-order valence-corrected chi connectivity index (χ0v) is 18.0. The van der Waals surface area contributed by atoms with Crippen LogP contribution in [0.3, 0.4) is 0 Å². The molecular formula is C20H26F2IN3O. The smallest absolute Gasteiger partial charge is 0.191 e. The Bertz CT molecular complexity index is 753. The van der Waals surface area contributed by atoms with Crippen LogP contribution in [0.15, 0.2) is 47.5 Å². The highest BCUT2D eigenvalue weighted by Crippen LogP contribution is 2.18. The maximum Gasteiger partial charge on any atom is 0.191 e. The van der Waals surface area contributed by atoms with Crippen LogP contribution in [0.1, 0.15) is 42.7 Å². The van der Waals surface area contributed by atoms with Gasteiger partial charge in [-0.25, -0.2) is 8.78 Å². The number of aliphatic hydroxyl groups is 1. The van der Waals surface area contributed by atoms with Crippen molar-refractivity contribution in [1.29, 1.82) is 0 Å². The van der Waals surface area contributed by atoms with Crippen molar-refractivity contribution in [1.82, 2.24) is 10.6 Å². The van der Waals surface area contributed by atoms with Gasteiger partial charge in [-0.2, -0.15) is 0 Å². The molecule has 27 heavy (non-hydrogen) atoms. The van der Waals surface area contributed by atoms with E-state index in [1.807, 2.05) is 38.1 Å². The van der Waals surface area contributed by atoms with Crippen LogP contribution in [0.2, 0.25) is 0 Å². The average Bonchev–Trinajstić information content (AvgIpc) is 2.60. The number of guanidine groups is 1. The molecule has 7 heteroatoms. The molecule has 0 bridgehead atoms. The summed E-state index contributed by atoms with van der Waals surface area (Å²) in [5.74, 6) is -0.768. The molecule has 2 aromatic carbocycles. The van der Waals surface area contributed by atoms with E-state index in [2.05, 4.69) is 15.6 Å². The monoisotopic (exact) mass is 489 g/mol. The molecule has 4 nitrogen and oxygen atoms in total. The summed E-state index contributed by atoms with van der Waals surface area (Å²) in [7, 11) is 0. The first kappa shape index (κ1) is 23.3. The van der Waals surface area contributed by atoms with Crippen molar-refractivity contribution in [2.24, 2.45) is 4.99 Å². The third-order valence-electron chi connectivity index (χ3n) is 4.01. The molecule has 3 N–H and O–H groups in total. The Hall–Kier alpha value is -1.74. The van der Waals surface area contributed by atoms with Crippen molar-refractivity contribution in [3.8, 4) is 0 Å². The molecule has 2 unspecified atom stereocenters. The molecule has 0 saturated heterocycles. The Morgan fingerprint density at radius 1 is 1.15 bits per heavy atom. The zero-order valence-electron chi connectivity index (χ0n) is 15.7. The van der Waals surface area contributed by atoms with Gasteiger partial charge in [0.05, 0.1) is 18.7 Å². The molecule has 0 aliphatic heterocycles. The number of aliphatic imine (C=N–C) groups is 1. The minimum atomic E-state index is -0.732. The fourth-order valence-corrected chi connectivity index (χ4v) is 2.53. The van der Waals surface area contributed by atoms with Gasteiger partial charge in [-0.3, -0.25) is 4.99 Å². The Balaban J connectivity index is 0.00000364. The summed E-state index contributed by atoms with van der Waals surface area (Å²) in [5, 5.41) is 16.4. The standard InChI is InChI=1S/C20H25F2N3O.HI/c1-4-23-20(24-12-19(26)15-7-5-13(2)6-8-15)25-14(3)17-10-9-16(21)11-18(17)22;/h5-11,14,19,26H,4,12H2,1-3H3,(H2,23,24,25);1H. The summed E-state index contributed by atoms with van der Waals surface area (Å²) in [6.07, 6.45) is -0.732. The van der Waals surface area contributed by atoms with Crippen LogP contribution in [0, 0.1) is 18.6 Å². The molecule has 2 rings (SSSR count). The maximum absolute atomic E-state index is 13.9. The minimum Gasteiger partial charge on any atom is -0.386 e. The number of benzene rings is 2. The van der Waals surface area contributed by atoms with Gasteiger partial charge >= 0.3 is 0 Å². The minimum absolute atomic E-state index is 0. The van der Waals surface area contributed by atoms with Crippen molar-refractivity contribution in [3.05, 3.63) is 70.8 Å². The number of aliphatic hydroxyl groups excluding tert-OH is 1. The molecule has 0 saturated carbocycles. The van der Waals surface area contributed by atoms with Gasteiger partial charge in [-0.1, -0.05) is 35.9 Å². The Labute approximate surface area is 176 Å². The second-order valence-corrected chi connectivity index (χ2v) is 6.18. The first-order chi connectivity index (χ1) is 12.4. The Morgan fingerprint density at radius 2 is 1.81 bits per heavy atom. The van der Waals surface area contributed by atoms with Crippen molar-refractivity contribution in [2.45, 2.75) is 32.9 Å². The van der Waals surface area contributed by atoms with Gasteiger partial charge in [0.1, 0.15) is 11.6 Å².